The minimum atomic E-state index is -0.362. The van der Waals surface area contributed by atoms with Crippen LogP contribution < -0.4 is 5.32 Å². The number of benzene rings is 1. The predicted molar refractivity (Wildman–Crippen MR) is 69.3 cm³/mol. The average molecular weight is 250 g/mol. The van der Waals surface area contributed by atoms with Crippen molar-refractivity contribution in [2.24, 2.45) is 0 Å². The van der Waals surface area contributed by atoms with Gasteiger partial charge in [0.1, 0.15) is 11.0 Å². The van der Waals surface area contributed by atoms with Gasteiger partial charge in [-0.25, -0.2) is 4.79 Å². The molecule has 0 spiro atoms. The topological polar surface area (TPSA) is 51.2 Å². The Balaban J connectivity index is 2.16. The number of esters is 1. The molecule has 0 aliphatic heterocycles. The molecule has 1 unspecified atom stereocenters. The number of fused-ring (bicyclic) bond motifs is 1. The van der Waals surface area contributed by atoms with E-state index in [0.717, 1.165) is 15.9 Å². The van der Waals surface area contributed by atoms with Crippen LogP contribution in [-0.4, -0.2) is 23.0 Å². The summed E-state index contributed by atoms with van der Waals surface area (Å²) in [6.07, 6.45) is 0. The normalized spacial score (nSPS) is 12.4. The number of carbonyl (C=O) groups is 1. The van der Waals surface area contributed by atoms with Crippen molar-refractivity contribution in [3.63, 3.8) is 0 Å². The zero-order valence-corrected chi connectivity index (χ0v) is 10.6. The number of hydrogen-bond donors (Lipinski definition) is 1. The number of rotatable bonds is 4. The summed E-state index contributed by atoms with van der Waals surface area (Å²) in [5.41, 5.74) is 0.941. The van der Waals surface area contributed by atoms with Crippen LogP contribution in [0.3, 0.4) is 0 Å². The summed E-state index contributed by atoms with van der Waals surface area (Å²) in [6, 6.07) is 7.47. The third-order valence-corrected chi connectivity index (χ3v) is 3.18. The van der Waals surface area contributed by atoms with Gasteiger partial charge in [-0.15, -0.1) is 0 Å². The van der Waals surface area contributed by atoms with Gasteiger partial charge in [-0.05, 0) is 37.5 Å². The van der Waals surface area contributed by atoms with Gasteiger partial charge >= 0.3 is 5.97 Å². The first-order chi connectivity index (χ1) is 8.22. The molecule has 0 saturated carbocycles. The zero-order valence-electron chi connectivity index (χ0n) is 9.77. The van der Waals surface area contributed by atoms with Crippen LogP contribution in [0.4, 0.5) is 5.00 Å². The number of nitrogens with zero attached hydrogens (tertiary/aromatic N) is 1. The summed E-state index contributed by atoms with van der Waals surface area (Å²) in [6.45, 7) is 3.98. The van der Waals surface area contributed by atoms with Gasteiger partial charge in [0.15, 0.2) is 0 Å². The molecule has 2 aromatic rings. The van der Waals surface area contributed by atoms with Crippen molar-refractivity contribution in [1.82, 2.24) is 4.37 Å². The second-order valence-electron chi connectivity index (χ2n) is 3.65. The Bertz CT molecular complexity index is 524. The molecule has 1 aromatic carbocycles. The van der Waals surface area contributed by atoms with Crippen LogP contribution in [0.25, 0.3) is 10.9 Å². The lowest BCUT2D eigenvalue weighted by atomic mass is 10.2. The van der Waals surface area contributed by atoms with Crippen LogP contribution >= 0.6 is 11.5 Å². The smallest absolute Gasteiger partial charge is 0.328 e. The number of aromatic nitrogens is 1. The van der Waals surface area contributed by atoms with Crippen LogP contribution in [0.15, 0.2) is 24.3 Å². The molecule has 0 amide bonds. The summed E-state index contributed by atoms with van der Waals surface area (Å²) in [7, 11) is 0. The molecule has 0 saturated heterocycles. The van der Waals surface area contributed by atoms with Gasteiger partial charge in [-0.3, -0.25) is 0 Å². The highest BCUT2D eigenvalue weighted by Gasteiger charge is 2.15. The summed E-state index contributed by atoms with van der Waals surface area (Å²) in [4.78, 5) is 11.5. The second-order valence-corrected chi connectivity index (χ2v) is 4.42. The Kier molecular flexibility index (Phi) is 3.58. The molecular formula is C12H14N2O2S. The molecule has 0 aliphatic carbocycles. The van der Waals surface area contributed by atoms with E-state index in [1.165, 1.54) is 11.5 Å². The Labute approximate surface area is 104 Å². The molecule has 4 nitrogen and oxygen atoms in total. The molecular weight excluding hydrogens is 236 g/mol. The van der Waals surface area contributed by atoms with Crippen molar-refractivity contribution in [3.05, 3.63) is 24.3 Å². The molecule has 0 fully saturated rings. The minimum absolute atomic E-state index is 0.245. The van der Waals surface area contributed by atoms with E-state index in [0.29, 0.717) is 6.61 Å². The highest BCUT2D eigenvalue weighted by Crippen LogP contribution is 2.27. The van der Waals surface area contributed by atoms with Crippen molar-refractivity contribution < 1.29 is 9.53 Å². The molecule has 0 radical (unpaired) electrons. The van der Waals surface area contributed by atoms with E-state index in [1.807, 2.05) is 24.3 Å². The molecule has 1 aromatic heterocycles. The Morgan fingerprint density at radius 1 is 1.53 bits per heavy atom. The van der Waals surface area contributed by atoms with Gasteiger partial charge in [0.2, 0.25) is 0 Å². The Hall–Kier alpha value is -1.62. The zero-order chi connectivity index (χ0) is 12.3. The summed E-state index contributed by atoms with van der Waals surface area (Å²) in [5, 5.41) is 5.07. The predicted octanol–water partition coefficient (Wildman–Crippen LogP) is 2.66. The third kappa shape index (κ3) is 2.55. The highest BCUT2D eigenvalue weighted by atomic mass is 32.1. The number of nitrogens with one attached hydrogen (secondary N) is 1. The number of hydrogen-bond acceptors (Lipinski definition) is 5. The maximum absolute atomic E-state index is 11.5. The number of ether oxygens (including phenoxy) is 1. The van der Waals surface area contributed by atoms with E-state index in [4.69, 9.17) is 4.74 Å². The monoisotopic (exact) mass is 250 g/mol. The first kappa shape index (κ1) is 11.9. The second kappa shape index (κ2) is 5.14. The standard InChI is InChI=1S/C12H14N2O2S/c1-3-16-12(15)8(2)13-11-9-6-4-5-7-10(9)14-17-11/h4-8,13H,3H2,1-2H3. The Morgan fingerprint density at radius 2 is 2.29 bits per heavy atom. The van der Waals surface area contributed by atoms with E-state index in [1.54, 1.807) is 13.8 Å². The van der Waals surface area contributed by atoms with Gasteiger partial charge in [0, 0.05) is 5.39 Å². The largest absolute Gasteiger partial charge is 0.464 e. The molecule has 0 bridgehead atoms. The van der Waals surface area contributed by atoms with Crippen molar-refractivity contribution in [2.75, 3.05) is 11.9 Å². The van der Waals surface area contributed by atoms with E-state index < -0.39 is 0 Å². The fourth-order valence-electron chi connectivity index (χ4n) is 1.52. The van der Waals surface area contributed by atoms with Crippen LogP contribution in [0.1, 0.15) is 13.8 Å². The minimum Gasteiger partial charge on any atom is -0.464 e. The van der Waals surface area contributed by atoms with Crippen molar-refractivity contribution >= 4 is 33.4 Å². The first-order valence-electron chi connectivity index (χ1n) is 5.50. The van der Waals surface area contributed by atoms with Crippen molar-refractivity contribution in [2.45, 2.75) is 19.9 Å². The fraction of sp³-hybridized carbons (Fsp3) is 0.333. The maximum Gasteiger partial charge on any atom is 0.328 e. The van der Waals surface area contributed by atoms with Crippen molar-refractivity contribution in [3.8, 4) is 0 Å². The van der Waals surface area contributed by atoms with Crippen LogP contribution in [0.2, 0.25) is 0 Å². The fourth-order valence-corrected chi connectivity index (χ4v) is 2.37. The molecule has 2 rings (SSSR count). The molecule has 1 heterocycles. The quantitative estimate of drug-likeness (QED) is 0.848. The van der Waals surface area contributed by atoms with Crippen LogP contribution in [-0.2, 0) is 9.53 Å². The molecule has 17 heavy (non-hydrogen) atoms. The molecule has 5 heteroatoms. The van der Waals surface area contributed by atoms with E-state index in [2.05, 4.69) is 9.69 Å². The van der Waals surface area contributed by atoms with E-state index >= 15 is 0 Å². The maximum atomic E-state index is 11.5. The van der Waals surface area contributed by atoms with E-state index in [9.17, 15) is 4.79 Å². The van der Waals surface area contributed by atoms with Gasteiger partial charge in [0.25, 0.3) is 0 Å². The van der Waals surface area contributed by atoms with Crippen LogP contribution in [0.5, 0.6) is 0 Å². The van der Waals surface area contributed by atoms with Crippen LogP contribution in [0, 0.1) is 0 Å². The van der Waals surface area contributed by atoms with E-state index in [-0.39, 0.29) is 12.0 Å². The SMILES string of the molecule is CCOC(=O)C(C)Nc1snc2ccccc12. The molecule has 1 atom stereocenters. The lowest BCUT2D eigenvalue weighted by molar-refractivity contribution is -0.143. The number of anilines is 1. The van der Waals surface area contributed by atoms with Crippen molar-refractivity contribution in [1.29, 1.82) is 0 Å². The lowest BCUT2D eigenvalue weighted by Crippen LogP contribution is -2.27. The van der Waals surface area contributed by atoms with Gasteiger partial charge in [-0.1, -0.05) is 12.1 Å². The average Bonchev–Trinajstić information content (AvgIpc) is 2.73. The summed E-state index contributed by atoms with van der Waals surface area (Å²) in [5.74, 6) is -0.245. The first-order valence-corrected chi connectivity index (χ1v) is 6.27. The van der Waals surface area contributed by atoms with Gasteiger partial charge in [0.05, 0.1) is 12.1 Å². The van der Waals surface area contributed by atoms with Gasteiger partial charge < -0.3 is 10.1 Å². The summed E-state index contributed by atoms with van der Waals surface area (Å²) < 4.78 is 9.25. The van der Waals surface area contributed by atoms with Gasteiger partial charge in [-0.2, -0.15) is 4.37 Å². The third-order valence-electron chi connectivity index (χ3n) is 2.37. The Morgan fingerprint density at radius 3 is 3.06 bits per heavy atom. The number of carbonyl (C=O) groups excluding carboxylic acids is 1. The molecule has 90 valence electrons. The highest BCUT2D eigenvalue weighted by molar-refractivity contribution is 7.11. The lowest BCUT2D eigenvalue weighted by Gasteiger charge is -2.12. The molecule has 0 aliphatic rings. The molecule has 1 N–H and O–H groups in total. The summed E-state index contributed by atoms with van der Waals surface area (Å²) >= 11 is 1.36.